The van der Waals surface area contributed by atoms with Gasteiger partial charge in [0, 0.05) is 23.6 Å². The summed E-state index contributed by atoms with van der Waals surface area (Å²) in [5.41, 5.74) is 2.62. The first-order valence-corrected chi connectivity index (χ1v) is 7.56. The molecule has 0 aromatic heterocycles. The Morgan fingerprint density at radius 3 is 2.41 bits per heavy atom. The molecule has 0 aliphatic carbocycles. The van der Waals surface area contributed by atoms with Crippen molar-refractivity contribution >= 4 is 28.1 Å². The van der Waals surface area contributed by atoms with Gasteiger partial charge in [0.1, 0.15) is 7.11 Å². The number of hydrogen-bond acceptors (Lipinski definition) is 3. The van der Waals surface area contributed by atoms with Crippen LogP contribution in [-0.4, -0.2) is 31.2 Å². The third-order valence-electron chi connectivity index (χ3n) is 3.14. The van der Waals surface area contributed by atoms with Crippen molar-refractivity contribution in [3.8, 4) is 0 Å². The first-order chi connectivity index (χ1) is 10.6. The highest BCUT2D eigenvalue weighted by molar-refractivity contribution is 9.10. The van der Waals surface area contributed by atoms with E-state index < -0.39 is 0 Å². The highest BCUT2D eigenvalue weighted by atomic mass is 79.9. The Kier molecular flexibility index (Phi) is 5.72. The predicted molar refractivity (Wildman–Crippen MR) is 91.0 cm³/mol. The summed E-state index contributed by atoms with van der Waals surface area (Å²) in [6.07, 6.45) is 1.60. The Morgan fingerprint density at radius 2 is 1.82 bits per heavy atom. The van der Waals surface area contributed by atoms with Crippen molar-refractivity contribution in [2.75, 3.05) is 14.2 Å². The SMILES string of the molecule is CO/N=C/c1ccc(C(=O)N(C)Cc2ccc(Br)cc2)cc1. The zero-order chi connectivity index (χ0) is 15.9. The van der Waals surface area contributed by atoms with E-state index in [9.17, 15) is 4.79 Å². The van der Waals surface area contributed by atoms with Crippen molar-refractivity contribution < 1.29 is 9.63 Å². The van der Waals surface area contributed by atoms with Gasteiger partial charge in [-0.05, 0) is 35.4 Å². The first kappa shape index (κ1) is 16.2. The van der Waals surface area contributed by atoms with Crippen LogP contribution >= 0.6 is 15.9 Å². The lowest BCUT2D eigenvalue weighted by molar-refractivity contribution is 0.0785. The van der Waals surface area contributed by atoms with E-state index in [1.807, 2.05) is 36.4 Å². The van der Waals surface area contributed by atoms with Crippen molar-refractivity contribution in [2.24, 2.45) is 5.16 Å². The van der Waals surface area contributed by atoms with Gasteiger partial charge >= 0.3 is 0 Å². The molecule has 0 heterocycles. The standard InChI is InChI=1S/C17H17BrN2O2/c1-20(12-14-5-9-16(18)10-6-14)17(21)15-7-3-13(4-8-15)11-19-22-2/h3-11H,12H2,1-2H3/b19-11+. The summed E-state index contributed by atoms with van der Waals surface area (Å²) < 4.78 is 1.03. The zero-order valence-corrected chi connectivity index (χ0v) is 14.1. The number of halogens is 1. The minimum absolute atomic E-state index is 0.0156. The lowest BCUT2D eigenvalue weighted by Crippen LogP contribution is -2.26. The van der Waals surface area contributed by atoms with Crippen LogP contribution in [-0.2, 0) is 11.4 Å². The van der Waals surface area contributed by atoms with Crippen LogP contribution in [0.4, 0.5) is 0 Å². The third-order valence-corrected chi connectivity index (χ3v) is 3.67. The van der Waals surface area contributed by atoms with Gasteiger partial charge in [-0.15, -0.1) is 0 Å². The Bertz CT molecular complexity index is 651. The van der Waals surface area contributed by atoms with E-state index in [1.165, 1.54) is 7.11 Å². The molecule has 0 aliphatic heterocycles. The number of oxime groups is 1. The summed E-state index contributed by atoms with van der Waals surface area (Å²) in [4.78, 5) is 18.7. The van der Waals surface area contributed by atoms with E-state index in [1.54, 1.807) is 30.3 Å². The molecule has 5 heteroatoms. The molecule has 0 N–H and O–H groups in total. The quantitative estimate of drug-likeness (QED) is 0.602. The monoisotopic (exact) mass is 360 g/mol. The zero-order valence-electron chi connectivity index (χ0n) is 12.5. The van der Waals surface area contributed by atoms with Crippen LogP contribution in [0.2, 0.25) is 0 Å². The van der Waals surface area contributed by atoms with Crippen LogP contribution in [0.1, 0.15) is 21.5 Å². The molecule has 0 saturated heterocycles. The van der Waals surface area contributed by atoms with Gasteiger partial charge in [0.2, 0.25) is 0 Å². The second-order valence-electron chi connectivity index (χ2n) is 4.83. The summed E-state index contributed by atoms with van der Waals surface area (Å²) in [5.74, 6) is -0.0156. The molecule has 0 unspecified atom stereocenters. The molecule has 0 bridgehead atoms. The maximum atomic E-state index is 12.4. The van der Waals surface area contributed by atoms with Gasteiger partial charge in [-0.2, -0.15) is 0 Å². The predicted octanol–water partition coefficient (Wildman–Crippen LogP) is 3.70. The molecule has 2 rings (SSSR count). The molecule has 0 atom stereocenters. The summed E-state index contributed by atoms with van der Waals surface area (Å²) in [6.45, 7) is 0.568. The number of amides is 1. The van der Waals surface area contributed by atoms with Gasteiger partial charge in [-0.3, -0.25) is 4.79 Å². The number of carbonyl (C=O) groups excluding carboxylic acids is 1. The molecule has 22 heavy (non-hydrogen) atoms. The molecule has 0 aliphatic rings. The average molecular weight is 361 g/mol. The normalized spacial score (nSPS) is 10.7. The summed E-state index contributed by atoms with van der Waals surface area (Å²) in [5, 5.41) is 3.69. The number of rotatable bonds is 5. The van der Waals surface area contributed by atoms with Gasteiger partial charge in [-0.25, -0.2) is 0 Å². The molecule has 0 fully saturated rings. The van der Waals surface area contributed by atoms with E-state index in [0.29, 0.717) is 12.1 Å². The van der Waals surface area contributed by atoms with Gasteiger partial charge < -0.3 is 9.74 Å². The Hall–Kier alpha value is -2.14. The fourth-order valence-electron chi connectivity index (χ4n) is 1.98. The molecule has 0 radical (unpaired) electrons. The molecule has 1 amide bonds. The Balaban J connectivity index is 2.03. The fourth-order valence-corrected chi connectivity index (χ4v) is 2.25. The Labute approximate surface area is 138 Å². The van der Waals surface area contributed by atoms with Gasteiger partial charge in [0.25, 0.3) is 5.91 Å². The molecule has 4 nitrogen and oxygen atoms in total. The summed E-state index contributed by atoms with van der Waals surface area (Å²) in [6, 6.07) is 15.2. The highest BCUT2D eigenvalue weighted by Crippen LogP contribution is 2.13. The second kappa shape index (κ2) is 7.75. The second-order valence-corrected chi connectivity index (χ2v) is 5.74. The molecule has 2 aromatic carbocycles. The van der Waals surface area contributed by atoms with Gasteiger partial charge in [-0.1, -0.05) is 45.4 Å². The molecular weight excluding hydrogens is 344 g/mol. The van der Waals surface area contributed by atoms with E-state index in [-0.39, 0.29) is 5.91 Å². The maximum Gasteiger partial charge on any atom is 0.253 e. The van der Waals surface area contributed by atoms with Crippen LogP contribution in [0.25, 0.3) is 0 Å². The van der Waals surface area contributed by atoms with E-state index >= 15 is 0 Å². The summed E-state index contributed by atoms with van der Waals surface area (Å²) >= 11 is 3.40. The fraction of sp³-hybridized carbons (Fsp3) is 0.176. The molecule has 0 saturated carbocycles. The lowest BCUT2D eigenvalue weighted by atomic mass is 10.1. The van der Waals surface area contributed by atoms with Crippen molar-refractivity contribution in [3.05, 3.63) is 69.7 Å². The van der Waals surface area contributed by atoms with Crippen LogP contribution in [0, 0.1) is 0 Å². The number of nitrogens with zero attached hydrogens (tertiary/aromatic N) is 2. The van der Waals surface area contributed by atoms with E-state index in [2.05, 4.69) is 25.9 Å². The van der Waals surface area contributed by atoms with Crippen LogP contribution in [0.5, 0.6) is 0 Å². The van der Waals surface area contributed by atoms with Crippen molar-refractivity contribution in [3.63, 3.8) is 0 Å². The van der Waals surface area contributed by atoms with Crippen molar-refractivity contribution in [1.82, 2.24) is 4.90 Å². The molecule has 2 aromatic rings. The number of benzene rings is 2. The van der Waals surface area contributed by atoms with Gasteiger partial charge in [0.05, 0.1) is 6.21 Å². The third kappa shape index (κ3) is 4.43. The van der Waals surface area contributed by atoms with Gasteiger partial charge in [0.15, 0.2) is 0 Å². The number of hydrogen-bond donors (Lipinski definition) is 0. The topological polar surface area (TPSA) is 41.9 Å². The van der Waals surface area contributed by atoms with Crippen molar-refractivity contribution in [1.29, 1.82) is 0 Å². The number of carbonyl (C=O) groups is 1. The maximum absolute atomic E-state index is 12.4. The van der Waals surface area contributed by atoms with Crippen LogP contribution in [0.3, 0.4) is 0 Å². The van der Waals surface area contributed by atoms with E-state index in [4.69, 9.17) is 0 Å². The Morgan fingerprint density at radius 1 is 1.18 bits per heavy atom. The molecule has 0 spiro atoms. The lowest BCUT2D eigenvalue weighted by Gasteiger charge is -2.17. The van der Waals surface area contributed by atoms with Crippen molar-refractivity contribution in [2.45, 2.75) is 6.54 Å². The largest absolute Gasteiger partial charge is 0.399 e. The minimum atomic E-state index is -0.0156. The first-order valence-electron chi connectivity index (χ1n) is 6.76. The smallest absolute Gasteiger partial charge is 0.253 e. The van der Waals surface area contributed by atoms with E-state index in [0.717, 1.165) is 15.6 Å². The van der Waals surface area contributed by atoms with Crippen LogP contribution < -0.4 is 0 Å². The van der Waals surface area contributed by atoms with Crippen LogP contribution in [0.15, 0.2) is 58.2 Å². The average Bonchev–Trinajstić information content (AvgIpc) is 2.55. The molecular formula is C17H17BrN2O2. The minimum Gasteiger partial charge on any atom is -0.399 e. The summed E-state index contributed by atoms with van der Waals surface area (Å²) in [7, 11) is 3.29. The highest BCUT2D eigenvalue weighted by Gasteiger charge is 2.11. The molecule has 114 valence electrons.